The third-order valence-electron chi connectivity index (χ3n) is 4.65. The molecule has 1 N–H and O–H groups in total. The number of ether oxygens (including phenoxy) is 1. The molecule has 0 saturated carbocycles. The molecule has 9 heteroatoms. The monoisotopic (exact) mass is 592 g/mol. The van der Waals surface area contributed by atoms with Gasteiger partial charge in [0.1, 0.15) is 24.0 Å². The molecule has 3 aromatic carbocycles. The highest BCUT2D eigenvalue weighted by molar-refractivity contribution is 9.11. The van der Waals surface area contributed by atoms with E-state index in [4.69, 9.17) is 4.74 Å². The summed E-state index contributed by atoms with van der Waals surface area (Å²) in [5, 5.41) is 11.9. The molecule has 0 fully saturated rings. The summed E-state index contributed by atoms with van der Waals surface area (Å²) in [6.45, 7) is 2.23. The van der Waals surface area contributed by atoms with E-state index in [1.807, 2.05) is 31.2 Å². The molecule has 3 rings (SSSR count). The molecule has 34 heavy (non-hydrogen) atoms. The first kappa shape index (κ1) is 25.5. The molecule has 0 aliphatic heterocycles. The Labute approximate surface area is 211 Å². The number of halogens is 5. The second-order valence-corrected chi connectivity index (χ2v) is 9.05. The molecule has 1 amide bonds. The van der Waals surface area contributed by atoms with E-state index >= 15 is 0 Å². The van der Waals surface area contributed by atoms with Gasteiger partial charge in [0.2, 0.25) is 0 Å². The molecule has 0 spiro atoms. The zero-order chi connectivity index (χ0) is 24.9. The SMILES string of the molecule is Cc1ccc(COc2c(Br)cc(Br)cc2/C=C(\C#N)C(=O)Nc2cccc(C(F)(F)F)c2)cc1. The van der Waals surface area contributed by atoms with Gasteiger partial charge in [0.05, 0.1) is 10.0 Å². The Hall–Kier alpha value is -3.09. The van der Waals surface area contributed by atoms with E-state index in [0.717, 1.165) is 23.3 Å². The van der Waals surface area contributed by atoms with Crippen LogP contribution in [0.15, 0.2) is 75.2 Å². The predicted molar refractivity (Wildman–Crippen MR) is 131 cm³/mol. The minimum absolute atomic E-state index is 0.0766. The largest absolute Gasteiger partial charge is 0.487 e. The highest BCUT2D eigenvalue weighted by Crippen LogP contribution is 2.35. The maximum Gasteiger partial charge on any atom is 0.416 e. The zero-order valence-electron chi connectivity index (χ0n) is 17.7. The molecule has 3 aromatic rings. The van der Waals surface area contributed by atoms with Gasteiger partial charge in [-0.1, -0.05) is 51.8 Å². The zero-order valence-corrected chi connectivity index (χ0v) is 20.9. The van der Waals surface area contributed by atoms with Gasteiger partial charge in [-0.2, -0.15) is 18.4 Å². The molecule has 0 bridgehead atoms. The van der Waals surface area contributed by atoms with Crippen LogP contribution in [0.25, 0.3) is 6.08 Å². The summed E-state index contributed by atoms with van der Waals surface area (Å²) in [6.07, 6.45) is -3.23. The van der Waals surface area contributed by atoms with Crippen molar-refractivity contribution in [2.45, 2.75) is 19.7 Å². The normalized spacial score (nSPS) is 11.6. The third-order valence-corrected chi connectivity index (χ3v) is 5.70. The minimum Gasteiger partial charge on any atom is -0.487 e. The summed E-state index contributed by atoms with van der Waals surface area (Å²) >= 11 is 6.81. The third kappa shape index (κ3) is 6.72. The maximum atomic E-state index is 13.0. The van der Waals surface area contributed by atoms with Crippen LogP contribution in [0.4, 0.5) is 18.9 Å². The van der Waals surface area contributed by atoms with Crippen molar-refractivity contribution in [2.24, 2.45) is 0 Å². The number of hydrogen-bond donors (Lipinski definition) is 1. The summed E-state index contributed by atoms with van der Waals surface area (Å²) in [6, 6.07) is 17.2. The highest BCUT2D eigenvalue weighted by atomic mass is 79.9. The number of benzene rings is 3. The molecule has 0 saturated heterocycles. The Morgan fingerprint density at radius 1 is 1.12 bits per heavy atom. The van der Waals surface area contributed by atoms with Crippen molar-refractivity contribution in [3.8, 4) is 11.8 Å². The van der Waals surface area contributed by atoms with Gasteiger partial charge in [-0.25, -0.2) is 0 Å². The number of nitriles is 1. The maximum absolute atomic E-state index is 13.0. The molecule has 0 atom stereocenters. The van der Waals surface area contributed by atoms with Crippen molar-refractivity contribution in [1.29, 1.82) is 5.26 Å². The summed E-state index contributed by atoms with van der Waals surface area (Å²) < 4.78 is 46.1. The van der Waals surface area contributed by atoms with Crippen LogP contribution in [0.5, 0.6) is 5.75 Å². The lowest BCUT2D eigenvalue weighted by atomic mass is 10.1. The fraction of sp³-hybridized carbons (Fsp3) is 0.120. The van der Waals surface area contributed by atoms with Crippen LogP contribution < -0.4 is 10.1 Å². The molecule has 0 aromatic heterocycles. The van der Waals surface area contributed by atoms with Gasteiger partial charge in [-0.3, -0.25) is 4.79 Å². The second-order valence-electron chi connectivity index (χ2n) is 7.28. The number of carbonyl (C=O) groups excluding carboxylic acids is 1. The van der Waals surface area contributed by atoms with Gasteiger partial charge < -0.3 is 10.1 Å². The van der Waals surface area contributed by atoms with Crippen LogP contribution in [-0.4, -0.2) is 5.91 Å². The molecule has 0 aliphatic carbocycles. The van der Waals surface area contributed by atoms with Gasteiger partial charge in [0.15, 0.2) is 0 Å². The van der Waals surface area contributed by atoms with Gasteiger partial charge in [-0.05, 0) is 64.8 Å². The topological polar surface area (TPSA) is 62.1 Å². The highest BCUT2D eigenvalue weighted by Gasteiger charge is 2.30. The first-order chi connectivity index (χ1) is 16.1. The Morgan fingerprint density at radius 3 is 2.47 bits per heavy atom. The van der Waals surface area contributed by atoms with E-state index in [9.17, 15) is 23.2 Å². The number of aryl methyl sites for hydroxylation is 1. The number of nitrogens with zero attached hydrogens (tertiary/aromatic N) is 1. The predicted octanol–water partition coefficient (Wildman–Crippen LogP) is 7.66. The van der Waals surface area contributed by atoms with Crippen LogP contribution in [0.1, 0.15) is 22.3 Å². The Balaban J connectivity index is 1.88. The van der Waals surface area contributed by atoms with E-state index in [-0.39, 0.29) is 17.9 Å². The quantitative estimate of drug-likeness (QED) is 0.236. The van der Waals surface area contributed by atoms with Gasteiger partial charge >= 0.3 is 6.18 Å². The van der Waals surface area contributed by atoms with Crippen LogP contribution in [0.3, 0.4) is 0 Å². The molecule has 0 heterocycles. The van der Waals surface area contributed by atoms with Gasteiger partial charge in [0.25, 0.3) is 5.91 Å². The number of rotatable bonds is 6. The smallest absolute Gasteiger partial charge is 0.416 e. The number of nitrogens with one attached hydrogen (secondary N) is 1. The summed E-state index contributed by atoms with van der Waals surface area (Å²) in [4.78, 5) is 12.7. The second kappa shape index (κ2) is 10.9. The van der Waals surface area contributed by atoms with Crippen molar-refractivity contribution in [1.82, 2.24) is 0 Å². The van der Waals surface area contributed by atoms with Crippen molar-refractivity contribution in [3.05, 3.63) is 97.4 Å². The Kier molecular flexibility index (Phi) is 8.18. The van der Waals surface area contributed by atoms with E-state index in [2.05, 4.69) is 37.2 Å². The van der Waals surface area contributed by atoms with E-state index < -0.39 is 17.6 Å². The van der Waals surface area contributed by atoms with Crippen molar-refractivity contribution in [3.63, 3.8) is 0 Å². The number of amides is 1. The lowest BCUT2D eigenvalue weighted by Crippen LogP contribution is -2.14. The minimum atomic E-state index is -4.55. The van der Waals surface area contributed by atoms with Crippen molar-refractivity contribution < 1.29 is 22.7 Å². The average molecular weight is 594 g/mol. The molecule has 0 unspecified atom stereocenters. The summed E-state index contributed by atoms with van der Waals surface area (Å²) in [5.74, 6) is -0.439. The fourth-order valence-electron chi connectivity index (χ4n) is 2.96. The van der Waals surface area contributed by atoms with Crippen LogP contribution in [-0.2, 0) is 17.6 Å². The summed E-state index contributed by atoms with van der Waals surface area (Å²) in [7, 11) is 0. The molecule has 0 radical (unpaired) electrons. The molecule has 0 aliphatic rings. The van der Waals surface area contributed by atoms with Crippen LogP contribution in [0.2, 0.25) is 0 Å². The lowest BCUT2D eigenvalue weighted by Gasteiger charge is -2.13. The van der Waals surface area contributed by atoms with Crippen LogP contribution >= 0.6 is 31.9 Å². The Morgan fingerprint density at radius 2 is 1.82 bits per heavy atom. The first-order valence-corrected chi connectivity index (χ1v) is 11.4. The van der Waals surface area contributed by atoms with Crippen molar-refractivity contribution in [2.75, 3.05) is 5.32 Å². The molecule has 174 valence electrons. The average Bonchev–Trinajstić information content (AvgIpc) is 2.77. The van der Waals surface area contributed by atoms with Gasteiger partial charge in [0, 0.05) is 15.7 Å². The number of anilines is 1. The summed E-state index contributed by atoms with van der Waals surface area (Å²) in [5.41, 5.74) is 1.19. The van der Waals surface area contributed by atoms with E-state index in [1.54, 1.807) is 18.2 Å². The number of carbonyl (C=O) groups is 1. The number of alkyl halides is 3. The molecular weight excluding hydrogens is 577 g/mol. The molecular formula is C25H17Br2F3N2O2. The van der Waals surface area contributed by atoms with E-state index in [0.29, 0.717) is 20.3 Å². The first-order valence-electron chi connectivity index (χ1n) is 9.84. The van der Waals surface area contributed by atoms with Gasteiger partial charge in [-0.15, -0.1) is 0 Å². The van der Waals surface area contributed by atoms with E-state index in [1.165, 1.54) is 18.2 Å². The van der Waals surface area contributed by atoms with Crippen LogP contribution in [0, 0.1) is 18.3 Å². The number of hydrogen-bond acceptors (Lipinski definition) is 3. The lowest BCUT2D eigenvalue weighted by molar-refractivity contribution is -0.137. The Bertz CT molecular complexity index is 1280. The fourth-order valence-corrected chi connectivity index (χ4v) is 4.33. The standard InChI is InChI=1S/C25H17Br2F3N2O2/c1-15-5-7-16(8-6-15)14-34-23-17(10-20(26)12-22(23)27)9-18(13-31)24(33)32-21-4-2-3-19(11-21)25(28,29)30/h2-12H,14H2,1H3,(H,32,33)/b18-9+. The van der Waals surface area contributed by atoms with Crippen molar-refractivity contribution >= 4 is 49.5 Å². The molecule has 4 nitrogen and oxygen atoms in total.